The maximum absolute atomic E-state index is 11.5. The van der Waals surface area contributed by atoms with E-state index in [1.165, 1.54) is 192 Å². The highest BCUT2D eigenvalue weighted by atomic mass is 16.7. The summed E-state index contributed by atoms with van der Waals surface area (Å²) < 4.78 is 50.0. The molecule has 1 fully saturated rings. The number of aromatic amines is 1. The summed E-state index contributed by atoms with van der Waals surface area (Å²) >= 11 is 0. The lowest BCUT2D eigenvalue weighted by atomic mass is 9.93. The fourth-order valence-corrected chi connectivity index (χ4v) is 12.2. The van der Waals surface area contributed by atoms with Gasteiger partial charge in [0.1, 0.15) is 51.6 Å². The maximum atomic E-state index is 11.5. The molecule has 0 bridgehead atoms. The van der Waals surface area contributed by atoms with Crippen molar-refractivity contribution in [2.24, 2.45) is 0 Å². The molecule has 1 amide bonds. The average molecular weight is 1650 g/mol. The summed E-state index contributed by atoms with van der Waals surface area (Å²) in [5.74, 6) is 0.911. The number of imidazole rings is 1. The molecule has 0 unspecified atom stereocenters. The number of nitrogen functional groups attached to an aromatic ring is 1. The number of rotatable bonds is 52. The number of aliphatic hydroxyl groups excluding tert-OH is 1. The highest BCUT2D eigenvalue weighted by Gasteiger charge is 2.26. The molecular formula is C94H164N8O15. The molecule has 5 aromatic rings. The predicted molar refractivity (Wildman–Crippen MR) is 481 cm³/mol. The molecule has 1 saturated heterocycles. The summed E-state index contributed by atoms with van der Waals surface area (Å²) in [5.41, 5.74) is 13.8. The van der Waals surface area contributed by atoms with Crippen LogP contribution in [0.5, 0.6) is 0 Å². The molecule has 0 radical (unpaired) electrons. The number of aliphatic hydroxyl groups is 1. The highest BCUT2D eigenvalue weighted by Crippen LogP contribution is 2.30. The fraction of sp³-hybridized carbons (Fsp3) is 0.691. The number of nitrogens with zero attached hydrogens (tertiary/aromatic N) is 6. The van der Waals surface area contributed by atoms with E-state index >= 15 is 0 Å². The number of carbonyl (C=O) groups is 4. The number of nitrogens with one attached hydrogen (secondary N) is 1. The van der Waals surface area contributed by atoms with Crippen LogP contribution in [0, 0.1) is 0 Å². The van der Waals surface area contributed by atoms with E-state index in [9.17, 15) is 24.3 Å². The average Bonchev–Trinajstić information content (AvgIpc) is 1.65. The van der Waals surface area contributed by atoms with Crippen molar-refractivity contribution in [2.45, 2.75) is 262 Å². The number of anilines is 2. The first-order chi connectivity index (χ1) is 56.3. The number of amides is 1. The van der Waals surface area contributed by atoms with Crippen LogP contribution in [-0.2, 0) is 61.8 Å². The number of esters is 3. The van der Waals surface area contributed by atoms with Crippen molar-refractivity contribution in [2.75, 3.05) is 177 Å². The second-order valence-electron chi connectivity index (χ2n) is 31.1. The van der Waals surface area contributed by atoms with E-state index in [2.05, 4.69) is 148 Å². The fourth-order valence-electron chi connectivity index (χ4n) is 12.2. The van der Waals surface area contributed by atoms with Crippen molar-refractivity contribution in [3.8, 4) is 11.4 Å². The van der Waals surface area contributed by atoms with Gasteiger partial charge in [0, 0.05) is 124 Å². The summed E-state index contributed by atoms with van der Waals surface area (Å²) in [5, 5.41) is 9.26. The lowest BCUT2D eigenvalue weighted by Crippen LogP contribution is -2.42. The van der Waals surface area contributed by atoms with Gasteiger partial charge in [0.05, 0.1) is 37.0 Å². The Morgan fingerprint density at radius 1 is 0.470 bits per heavy atom. The van der Waals surface area contributed by atoms with Crippen LogP contribution in [0.4, 0.5) is 16.2 Å². The normalized spacial score (nSPS) is 11.9. The van der Waals surface area contributed by atoms with Crippen molar-refractivity contribution in [1.29, 1.82) is 0 Å². The first-order valence-corrected chi connectivity index (χ1v) is 44.0. The number of hydrogen-bond acceptors (Lipinski definition) is 21. The number of methoxy groups -OCH3 is 3. The molecule has 0 saturated carbocycles. The van der Waals surface area contributed by atoms with E-state index in [4.69, 9.17) is 53.1 Å². The van der Waals surface area contributed by atoms with Crippen LogP contribution in [0.15, 0.2) is 103 Å². The van der Waals surface area contributed by atoms with Crippen molar-refractivity contribution in [1.82, 2.24) is 29.6 Å². The predicted octanol–water partition coefficient (Wildman–Crippen LogP) is 19.5. The molecule has 670 valence electrons. The smallest absolute Gasteiger partial charge is 0.410 e. The zero-order valence-electron chi connectivity index (χ0n) is 76.4. The number of para-hydroxylation sites is 4. The number of unbranched alkanes of at least 4 members (excludes halogenated alkanes) is 14. The van der Waals surface area contributed by atoms with Crippen molar-refractivity contribution in [3.05, 3.63) is 114 Å². The minimum atomic E-state index is -0.437. The van der Waals surface area contributed by atoms with E-state index in [1.54, 1.807) is 26.2 Å². The number of ether oxygens (including phenoxy) is 10. The van der Waals surface area contributed by atoms with Gasteiger partial charge in [-0.1, -0.05) is 231 Å². The van der Waals surface area contributed by atoms with Gasteiger partial charge in [-0.05, 0) is 133 Å². The van der Waals surface area contributed by atoms with Crippen molar-refractivity contribution in [3.63, 3.8) is 0 Å². The summed E-state index contributed by atoms with van der Waals surface area (Å²) in [7, 11) is 4.82. The van der Waals surface area contributed by atoms with E-state index in [0.29, 0.717) is 97.6 Å². The molecule has 117 heavy (non-hydrogen) atoms. The third-order valence-electron chi connectivity index (χ3n) is 18.8. The van der Waals surface area contributed by atoms with Gasteiger partial charge in [-0.2, -0.15) is 0 Å². The standard InChI is InChI=1S/C21H45N.C14H23N.C13H10N2.C12H27NO6.C12H21NO6.C12H19N.C10H19NO3/c1-4-7-10-13-16-19-22(20-17-14-11-8-5-2)21-18-15-12-9-6-3;1-3-5-12-15(13-6-4-2)14-10-8-7-9-11-14;1-2-6-10(7-3-1)13-14-11-8-4-5-9-12(11)15-13;1-14-10-17-7-4-13(5-8-18-11-15-2)6-9-19-12-16-3;1-10(14)17-7-4-13(5-8-18-11(2)15)6-9-19-12(3)16;1-8(2)10-6-5-7-11(9(3)4)12(10)13;1-10(2,3)14-9(13)11-6-4-8(12)5-7-11/h4-21H2,1-3H3;7-11H,3-6,12-13H2,1-2H3;1-9H,(H,14,15);4-12H2,1-3H3;4-9H2,1-3H3;5-9H,13H2,1-4H3;8,12H,4-7H2,1-3H3. The molecule has 0 atom stereocenters. The molecule has 0 aliphatic carbocycles. The topological polar surface area (TPSA) is 252 Å². The monoisotopic (exact) mass is 1650 g/mol. The SMILES string of the molecule is CC(=O)OCCN(CCOC(C)=O)CCOC(C)=O.CC(C)(C)OC(=O)N1CCC(O)CC1.CC(C)c1cccc(C(C)C)c1N.CCCCCCCN(CCCCCCC)CCCCCCC.CCCCN(CCCC)c1ccccc1.COCOCCN(CCOCOC)CCOCOC.c1ccc(-c2nc3ccccc3[nH]2)cc1. The van der Waals surface area contributed by atoms with Crippen molar-refractivity contribution >= 4 is 46.4 Å². The van der Waals surface area contributed by atoms with Crippen LogP contribution < -0.4 is 10.6 Å². The second kappa shape index (κ2) is 74.3. The summed E-state index contributed by atoms with van der Waals surface area (Å²) in [6.45, 7) is 44.7. The van der Waals surface area contributed by atoms with Crippen LogP contribution in [0.1, 0.15) is 262 Å². The molecule has 2 heterocycles. The number of benzene rings is 4. The first-order valence-electron chi connectivity index (χ1n) is 44.0. The number of hydrogen-bond donors (Lipinski definition) is 3. The van der Waals surface area contributed by atoms with Gasteiger partial charge in [0.25, 0.3) is 0 Å². The molecule has 23 nitrogen and oxygen atoms in total. The van der Waals surface area contributed by atoms with E-state index in [-0.39, 0.29) is 49.9 Å². The molecular weight excluding hydrogens is 1480 g/mol. The Labute approximate surface area is 709 Å². The van der Waals surface area contributed by atoms with Crippen LogP contribution in [0.3, 0.4) is 0 Å². The zero-order chi connectivity index (χ0) is 87.0. The highest BCUT2D eigenvalue weighted by molar-refractivity contribution is 5.79. The van der Waals surface area contributed by atoms with Gasteiger partial charge < -0.3 is 77.9 Å². The number of H-pyrrole nitrogens is 1. The van der Waals surface area contributed by atoms with Gasteiger partial charge >= 0.3 is 24.0 Å². The van der Waals surface area contributed by atoms with Crippen LogP contribution in [-0.4, -0.2) is 237 Å². The number of carbonyl (C=O) groups excluding carboxylic acids is 4. The summed E-state index contributed by atoms with van der Waals surface area (Å²) in [6.07, 6.45) is 27.2. The Morgan fingerprint density at radius 3 is 1.19 bits per heavy atom. The molecule has 4 N–H and O–H groups in total. The number of aromatic nitrogens is 2. The largest absolute Gasteiger partial charge is 0.465 e. The minimum absolute atomic E-state index is 0.246. The first kappa shape index (κ1) is 110. The Hall–Kier alpha value is -6.77. The second-order valence-corrected chi connectivity index (χ2v) is 31.1. The Kier molecular flexibility index (Phi) is 70.0. The van der Waals surface area contributed by atoms with E-state index < -0.39 is 5.60 Å². The molecule has 4 aromatic carbocycles. The van der Waals surface area contributed by atoms with Gasteiger partial charge in [0.2, 0.25) is 0 Å². The number of piperidine rings is 1. The quantitative estimate of drug-likeness (QED) is 0.0108. The summed E-state index contributed by atoms with van der Waals surface area (Å²) in [6, 6.07) is 35.3. The van der Waals surface area contributed by atoms with E-state index in [1.807, 2.05) is 68.1 Å². The van der Waals surface area contributed by atoms with Gasteiger partial charge in [-0.25, -0.2) is 9.78 Å². The lowest BCUT2D eigenvalue weighted by molar-refractivity contribution is -0.142. The third kappa shape index (κ3) is 62.1. The molecule has 6 rings (SSSR count). The third-order valence-corrected chi connectivity index (χ3v) is 18.8. The number of likely N-dealkylation sites (tertiary alicyclic amines) is 1. The van der Waals surface area contributed by atoms with Gasteiger partial charge in [0.15, 0.2) is 0 Å². The zero-order valence-corrected chi connectivity index (χ0v) is 76.4. The van der Waals surface area contributed by atoms with Crippen LogP contribution >= 0.6 is 0 Å². The minimum Gasteiger partial charge on any atom is -0.465 e. The van der Waals surface area contributed by atoms with Crippen molar-refractivity contribution < 1.29 is 71.7 Å². The number of nitrogens with two attached hydrogens (primary N) is 1. The maximum Gasteiger partial charge on any atom is 0.410 e. The van der Waals surface area contributed by atoms with Crippen LogP contribution in [0.25, 0.3) is 22.4 Å². The molecule has 0 spiro atoms. The van der Waals surface area contributed by atoms with E-state index in [0.717, 1.165) is 47.7 Å². The van der Waals surface area contributed by atoms with Gasteiger partial charge in [-0.15, -0.1) is 0 Å². The molecule has 1 aromatic heterocycles. The Bertz CT molecular complexity index is 2940. The molecule has 23 heteroatoms. The molecule has 1 aliphatic rings. The summed E-state index contributed by atoms with van der Waals surface area (Å²) in [4.78, 5) is 62.3. The number of fused-ring (bicyclic) bond motifs is 1. The Morgan fingerprint density at radius 2 is 0.829 bits per heavy atom. The van der Waals surface area contributed by atoms with Gasteiger partial charge in [-0.3, -0.25) is 24.2 Å². The van der Waals surface area contributed by atoms with Crippen LogP contribution in [0.2, 0.25) is 0 Å². The lowest BCUT2D eigenvalue weighted by Gasteiger charge is -2.31. The Balaban J connectivity index is 0.00000135. The molecule has 1 aliphatic heterocycles.